The highest BCUT2D eigenvalue weighted by Gasteiger charge is 2.23. The zero-order valence-electron chi connectivity index (χ0n) is 11.7. The van der Waals surface area contributed by atoms with Crippen LogP contribution in [0, 0.1) is 0 Å². The Hall–Kier alpha value is -0.820. The summed E-state index contributed by atoms with van der Waals surface area (Å²) in [5.74, 6) is 0.794. The Morgan fingerprint density at radius 3 is 2.61 bits per heavy atom. The van der Waals surface area contributed by atoms with E-state index in [0.29, 0.717) is 0 Å². The summed E-state index contributed by atoms with van der Waals surface area (Å²) in [6.45, 7) is 2.26. The molecule has 0 heterocycles. The van der Waals surface area contributed by atoms with E-state index in [1.165, 1.54) is 56.1 Å². The molecular weight excluding hydrogens is 218 g/mol. The van der Waals surface area contributed by atoms with Gasteiger partial charge in [-0.3, -0.25) is 0 Å². The maximum Gasteiger partial charge on any atom is 0.0297 e. The van der Waals surface area contributed by atoms with E-state index in [0.717, 1.165) is 12.3 Å². The van der Waals surface area contributed by atoms with Crippen molar-refractivity contribution in [1.82, 2.24) is 0 Å². The molecule has 0 saturated heterocycles. The van der Waals surface area contributed by atoms with Crippen molar-refractivity contribution in [3.05, 3.63) is 35.4 Å². The van der Waals surface area contributed by atoms with E-state index < -0.39 is 0 Å². The minimum absolute atomic E-state index is 0.249. The van der Waals surface area contributed by atoms with Crippen LogP contribution in [-0.2, 0) is 0 Å². The first-order valence-electron chi connectivity index (χ1n) is 7.67. The van der Waals surface area contributed by atoms with Crippen LogP contribution in [0.25, 0.3) is 0 Å². The molecule has 2 rings (SSSR count). The summed E-state index contributed by atoms with van der Waals surface area (Å²) in [5.41, 5.74) is 9.34. The maximum atomic E-state index is 6.39. The summed E-state index contributed by atoms with van der Waals surface area (Å²) in [4.78, 5) is 0. The predicted molar refractivity (Wildman–Crippen MR) is 78.7 cm³/mol. The number of rotatable bonds is 7. The van der Waals surface area contributed by atoms with E-state index in [9.17, 15) is 0 Å². The average Bonchev–Trinajstić information content (AvgIpc) is 2.33. The average molecular weight is 245 g/mol. The monoisotopic (exact) mass is 245 g/mol. The van der Waals surface area contributed by atoms with Crippen molar-refractivity contribution >= 4 is 0 Å². The lowest BCUT2D eigenvalue weighted by atomic mass is 9.77. The van der Waals surface area contributed by atoms with Gasteiger partial charge < -0.3 is 5.73 Å². The fourth-order valence-electron chi connectivity index (χ4n) is 2.89. The van der Waals surface area contributed by atoms with Gasteiger partial charge in [-0.2, -0.15) is 0 Å². The molecule has 1 aliphatic rings. The van der Waals surface area contributed by atoms with Crippen LogP contribution in [0.1, 0.15) is 81.4 Å². The third kappa shape index (κ3) is 3.35. The van der Waals surface area contributed by atoms with Gasteiger partial charge in [-0.05, 0) is 36.3 Å². The lowest BCUT2D eigenvalue weighted by molar-refractivity contribution is 0.413. The van der Waals surface area contributed by atoms with Crippen molar-refractivity contribution in [1.29, 1.82) is 0 Å². The predicted octanol–water partition coefficient (Wildman–Crippen LogP) is 4.92. The number of benzene rings is 1. The van der Waals surface area contributed by atoms with Crippen molar-refractivity contribution in [2.45, 2.75) is 70.3 Å². The zero-order valence-corrected chi connectivity index (χ0v) is 11.7. The van der Waals surface area contributed by atoms with Gasteiger partial charge >= 0.3 is 0 Å². The highest BCUT2D eigenvalue weighted by molar-refractivity contribution is 5.33. The van der Waals surface area contributed by atoms with Gasteiger partial charge in [0.15, 0.2) is 0 Å². The van der Waals surface area contributed by atoms with Crippen molar-refractivity contribution in [2.24, 2.45) is 5.73 Å². The summed E-state index contributed by atoms with van der Waals surface area (Å²) in [7, 11) is 0. The van der Waals surface area contributed by atoms with Gasteiger partial charge in [0, 0.05) is 6.04 Å². The standard InChI is InChI=1S/C17H27N/c1-2-3-4-5-13-17(18)16-12-7-6-11-15(16)14-9-8-10-14/h6-7,11-12,14,17H,2-5,8-10,13,18H2,1H3. The molecule has 1 heteroatoms. The van der Waals surface area contributed by atoms with Gasteiger partial charge in [0.25, 0.3) is 0 Å². The second kappa shape index (κ2) is 6.94. The topological polar surface area (TPSA) is 26.0 Å². The quantitative estimate of drug-likeness (QED) is 0.678. The molecule has 18 heavy (non-hydrogen) atoms. The molecule has 100 valence electrons. The Bertz CT molecular complexity index is 354. The Balaban J connectivity index is 1.93. The molecule has 0 aromatic heterocycles. The van der Waals surface area contributed by atoms with Crippen LogP contribution < -0.4 is 5.73 Å². The van der Waals surface area contributed by atoms with Crippen molar-refractivity contribution in [3.63, 3.8) is 0 Å². The second-order valence-electron chi connectivity index (χ2n) is 5.71. The van der Waals surface area contributed by atoms with E-state index in [1.54, 1.807) is 0 Å². The molecule has 0 amide bonds. The number of nitrogens with two attached hydrogens (primary N) is 1. The second-order valence-corrected chi connectivity index (χ2v) is 5.71. The summed E-state index contributed by atoms with van der Waals surface area (Å²) in [6, 6.07) is 9.10. The molecule has 1 unspecified atom stereocenters. The summed E-state index contributed by atoms with van der Waals surface area (Å²) in [5, 5.41) is 0. The third-order valence-corrected chi connectivity index (χ3v) is 4.31. The van der Waals surface area contributed by atoms with Gasteiger partial charge in [-0.1, -0.05) is 63.3 Å². The Kier molecular flexibility index (Phi) is 5.25. The van der Waals surface area contributed by atoms with Crippen molar-refractivity contribution < 1.29 is 0 Å². The molecule has 1 atom stereocenters. The first-order valence-corrected chi connectivity index (χ1v) is 7.67. The molecule has 1 aromatic carbocycles. The number of hydrogen-bond acceptors (Lipinski definition) is 1. The fourth-order valence-corrected chi connectivity index (χ4v) is 2.89. The largest absolute Gasteiger partial charge is 0.324 e. The molecule has 2 N–H and O–H groups in total. The first kappa shape index (κ1) is 13.6. The van der Waals surface area contributed by atoms with Gasteiger partial charge in [-0.15, -0.1) is 0 Å². The highest BCUT2D eigenvalue weighted by atomic mass is 14.6. The van der Waals surface area contributed by atoms with Crippen LogP contribution in [0.5, 0.6) is 0 Å². The van der Waals surface area contributed by atoms with E-state index >= 15 is 0 Å². The molecule has 1 aromatic rings. The van der Waals surface area contributed by atoms with Crippen LogP contribution in [0.3, 0.4) is 0 Å². The van der Waals surface area contributed by atoms with Gasteiger partial charge in [0.1, 0.15) is 0 Å². The summed E-state index contributed by atoms with van der Waals surface area (Å²) >= 11 is 0. The smallest absolute Gasteiger partial charge is 0.0297 e. The Morgan fingerprint density at radius 1 is 1.17 bits per heavy atom. The van der Waals surface area contributed by atoms with Crippen LogP contribution in [0.2, 0.25) is 0 Å². The molecule has 0 spiro atoms. The summed E-state index contributed by atoms with van der Waals surface area (Å²) < 4.78 is 0. The fraction of sp³-hybridized carbons (Fsp3) is 0.647. The van der Waals surface area contributed by atoms with Crippen LogP contribution in [0.4, 0.5) is 0 Å². The van der Waals surface area contributed by atoms with Crippen molar-refractivity contribution in [3.8, 4) is 0 Å². The molecular formula is C17H27N. The van der Waals surface area contributed by atoms with Crippen LogP contribution in [0.15, 0.2) is 24.3 Å². The highest BCUT2D eigenvalue weighted by Crippen LogP contribution is 2.39. The SMILES string of the molecule is CCCCCCC(N)c1ccccc1C1CCC1. The molecule has 0 bridgehead atoms. The molecule has 1 aliphatic carbocycles. The van der Waals surface area contributed by atoms with Gasteiger partial charge in [0.05, 0.1) is 0 Å². The zero-order chi connectivity index (χ0) is 12.8. The van der Waals surface area contributed by atoms with Crippen molar-refractivity contribution in [2.75, 3.05) is 0 Å². The number of hydrogen-bond donors (Lipinski definition) is 1. The van der Waals surface area contributed by atoms with Crippen LogP contribution in [-0.4, -0.2) is 0 Å². The molecule has 1 fully saturated rings. The molecule has 1 saturated carbocycles. The molecule has 0 radical (unpaired) electrons. The Morgan fingerprint density at radius 2 is 1.94 bits per heavy atom. The molecule has 0 aliphatic heterocycles. The molecule has 1 nitrogen and oxygen atoms in total. The maximum absolute atomic E-state index is 6.39. The first-order chi connectivity index (χ1) is 8.83. The Labute approximate surface area is 112 Å². The minimum Gasteiger partial charge on any atom is -0.324 e. The van der Waals surface area contributed by atoms with Gasteiger partial charge in [-0.25, -0.2) is 0 Å². The van der Waals surface area contributed by atoms with Crippen LogP contribution >= 0.6 is 0 Å². The normalized spacial score (nSPS) is 17.4. The van der Waals surface area contributed by atoms with E-state index in [-0.39, 0.29) is 6.04 Å². The third-order valence-electron chi connectivity index (χ3n) is 4.31. The van der Waals surface area contributed by atoms with Gasteiger partial charge in [0.2, 0.25) is 0 Å². The summed E-state index contributed by atoms with van der Waals surface area (Å²) in [6.07, 6.45) is 10.5. The van der Waals surface area contributed by atoms with E-state index in [1.807, 2.05) is 0 Å². The van der Waals surface area contributed by atoms with E-state index in [2.05, 4.69) is 31.2 Å². The minimum atomic E-state index is 0.249. The lowest BCUT2D eigenvalue weighted by Gasteiger charge is -2.29. The lowest BCUT2D eigenvalue weighted by Crippen LogP contribution is -2.17. The van der Waals surface area contributed by atoms with E-state index in [4.69, 9.17) is 5.73 Å². The number of unbranched alkanes of at least 4 members (excludes halogenated alkanes) is 3.